The second kappa shape index (κ2) is 10.9. The van der Waals surface area contributed by atoms with Crippen molar-refractivity contribution < 1.29 is 24.2 Å². The Morgan fingerprint density at radius 2 is 2.16 bits per heavy atom. The standard InChI is InChI=1S/C26H29N5O5S/c1-15(36-25-11-27-20-5-4-18(35-2)10-21(20)29-25)31-8-7-19(17(12-31)13-32)30-26(34)16-3-6-23-22(9-16)28-24(33)14-37-23/h3-6,9-11,15,17,19,32H,7-8,12-14H2,1-2H3,(H,28,33)(H,30,34)/t15?,17-,19-/m1/s1. The Kier molecular flexibility index (Phi) is 7.45. The van der Waals surface area contributed by atoms with Gasteiger partial charge in [-0.3, -0.25) is 14.5 Å². The number of methoxy groups -OCH3 is 1. The monoisotopic (exact) mass is 523 g/mol. The van der Waals surface area contributed by atoms with Crippen LogP contribution in [0, 0.1) is 5.92 Å². The van der Waals surface area contributed by atoms with Gasteiger partial charge in [-0.05, 0) is 43.7 Å². The second-order valence-electron chi connectivity index (χ2n) is 9.13. The van der Waals surface area contributed by atoms with Crippen molar-refractivity contribution in [1.82, 2.24) is 20.2 Å². The number of aliphatic hydroxyl groups is 1. The van der Waals surface area contributed by atoms with Gasteiger partial charge in [-0.15, -0.1) is 11.8 Å². The zero-order chi connectivity index (χ0) is 25.9. The first-order valence-electron chi connectivity index (χ1n) is 12.1. The van der Waals surface area contributed by atoms with E-state index in [1.165, 1.54) is 11.8 Å². The van der Waals surface area contributed by atoms with Crippen molar-refractivity contribution in [3.8, 4) is 11.6 Å². The van der Waals surface area contributed by atoms with E-state index in [1.54, 1.807) is 25.4 Å². The number of carbonyl (C=O) groups excluding carboxylic acids is 2. The molecule has 3 aromatic rings. The Morgan fingerprint density at radius 1 is 1.30 bits per heavy atom. The number of hydrogen-bond acceptors (Lipinski definition) is 9. The minimum absolute atomic E-state index is 0.0688. The first-order chi connectivity index (χ1) is 17.9. The summed E-state index contributed by atoms with van der Waals surface area (Å²) in [4.78, 5) is 36.7. The lowest BCUT2D eigenvalue weighted by atomic mass is 9.92. The molecule has 10 nitrogen and oxygen atoms in total. The van der Waals surface area contributed by atoms with Gasteiger partial charge in [0.05, 0.1) is 35.8 Å². The topological polar surface area (TPSA) is 126 Å². The smallest absolute Gasteiger partial charge is 0.251 e. The highest BCUT2D eigenvalue weighted by Gasteiger charge is 2.33. The van der Waals surface area contributed by atoms with Crippen molar-refractivity contribution in [2.24, 2.45) is 5.92 Å². The summed E-state index contributed by atoms with van der Waals surface area (Å²) in [5.74, 6) is 1.01. The first-order valence-corrected chi connectivity index (χ1v) is 13.1. The van der Waals surface area contributed by atoms with Gasteiger partial charge in [0.15, 0.2) is 6.23 Å². The van der Waals surface area contributed by atoms with Crippen LogP contribution in [0.1, 0.15) is 23.7 Å². The van der Waals surface area contributed by atoms with E-state index in [2.05, 4.69) is 25.5 Å². The third-order valence-corrected chi connectivity index (χ3v) is 7.80. The molecule has 2 amide bonds. The molecule has 2 aliphatic rings. The fourth-order valence-electron chi connectivity index (χ4n) is 4.65. The molecule has 194 valence electrons. The van der Waals surface area contributed by atoms with Crippen molar-refractivity contribution >= 4 is 40.3 Å². The van der Waals surface area contributed by atoms with Crippen LogP contribution in [0.3, 0.4) is 0 Å². The van der Waals surface area contributed by atoms with Gasteiger partial charge in [0.25, 0.3) is 5.91 Å². The summed E-state index contributed by atoms with van der Waals surface area (Å²) in [5, 5.41) is 16.0. The maximum absolute atomic E-state index is 13.0. The number of carbonyl (C=O) groups is 2. The molecule has 0 spiro atoms. The lowest BCUT2D eigenvalue weighted by molar-refractivity contribution is -0.113. The zero-order valence-electron chi connectivity index (χ0n) is 20.6. The molecule has 0 radical (unpaired) electrons. The van der Waals surface area contributed by atoms with Gasteiger partial charge >= 0.3 is 0 Å². The summed E-state index contributed by atoms with van der Waals surface area (Å²) in [6, 6.07) is 10.6. The van der Waals surface area contributed by atoms with E-state index in [0.29, 0.717) is 53.7 Å². The molecule has 11 heteroatoms. The molecule has 3 atom stereocenters. The summed E-state index contributed by atoms with van der Waals surface area (Å²) in [6.45, 7) is 3.09. The second-order valence-corrected chi connectivity index (χ2v) is 10.2. The van der Waals surface area contributed by atoms with Crippen molar-refractivity contribution in [1.29, 1.82) is 0 Å². The maximum Gasteiger partial charge on any atom is 0.251 e. The van der Waals surface area contributed by atoms with E-state index >= 15 is 0 Å². The summed E-state index contributed by atoms with van der Waals surface area (Å²) in [5.41, 5.74) is 2.56. The number of aliphatic hydroxyl groups excluding tert-OH is 1. The maximum atomic E-state index is 13.0. The molecular weight excluding hydrogens is 494 g/mol. The van der Waals surface area contributed by atoms with Crippen molar-refractivity contribution in [3.63, 3.8) is 0 Å². The zero-order valence-corrected chi connectivity index (χ0v) is 21.5. The van der Waals surface area contributed by atoms with Gasteiger partial charge in [0.1, 0.15) is 5.75 Å². The van der Waals surface area contributed by atoms with Gasteiger partial charge in [0, 0.05) is 48.2 Å². The van der Waals surface area contributed by atoms with Crippen molar-refractivity contribution in [3.05, 3.63) is 48.2 Å². The van der Waals surface area contributed by atoms with Crippen LogP contribution in [-0.2, 0) is 4.79 Å². The van der Waals surface area contributed by atoms with Crippen molar-refractivity contribution in [2.45, 2.75) is 30.5 Å². The number of nitrogens with zero attached hydrogens (tertiary/aromatic N) is 3. The number of hydrogen-bond donors (Lipinski definition) is 3. The van der Waals surface area contributed by atoms with E-state index in [0.717, 1.165) is 10.4 Å². The molecule has 2 aromatic carbocycles. The molecule has 1 fully saturated rings. The molecule has 37 heavy (non-hydrogen) atoms. The van der Waals surface area contributed by atoms with Gasteiger partial charge in [-0.2, -0.15) is 0 Å². The Hall–Kier alpha value is -3.41. The summed E-state index contributed by atoms with van der Waals surface area (Å²) in [6.07, 6.45) is 1.95. The van der Waals surface area contributed by atoms with Crippen molar-refractivity contribution in [2.75, 3.05) is 37.9 Å². The summed E-state index contributed by atoms with van der Waals surface area (Å²) < 4.78 is 11.4. The van der Waals surface area contributed by atoms with E-state index < -0.39 is 0 Å². The molecule has 1 unspecified atom stereocenters. The van der Waals surface area contributed by atoms with E-state index in [9.17, 15) is 14.7 Å². The minimum Gasteiger partial charge on any atom is -0.497 e. The van der Waals surface area contributed by atoms with Crippen LogP contribution in [0.5, 0.6) is 11.6 Å². The number of nitrogens with one attached hydrogen (secondary N) is 2. The molecule has 0 saturated carbocycles. The molecule has 5 rings (SSSR count). The third-order valence-electron chi connectivity index (χ3n) is 6.72. The van der Waals surface area contributed by atoms with Crippen LogP contribution in [0.4, 0.5) is 5.69 Å². The number of likely N-dealkylation sites (tertiary alicyclic amines) is 1. The Balaban J connectivity index is 1.21. The first kappa shape index (κ1) is 25.2. The Morgan fingerprint density at radius 3 is 2.97 bits per heavy atom. The van der Waals surface area contributed by atoms with Gasteiger partial charge in [-0.25, -0.2) is 9.97 Å². The number of aromatic nitrogens is 2. The van der Waals surface area contributed by atoms with Crippen LogP contribution in [-0.4, -0.2) is 76.6 Å². The fourth-order valence-corrected chi connectivity index (χ4v) is 5.44. The lowest BCUT2D eigenvalue weighted by Gasteiger charge is -2.40. The highest BCUT2D eigenvalue weighted by Crippen LogP contribution is 2.32. The molecule has 0 aliphatic carbocycles. The van der Waals surface area contributed by atoms with E-state index in [-0.39, 0.29) is 36.6 Å². The predicted molar refractivity (Wildman–Crippen MR) is 140 cm³/mol. The highest BCUT2D eigenvalue weighted by molar-refractivity contribution is 8.00. The average molecular weight is 524 g/mol. The minimum atomic E-state index is -0.301. The van der Waals surface area contributed by atoms with Crippen LogP contribution in [0.15, 0.2) is 47.5 Å². The molecule has 3 heterocycles. The van der Waals surface area contributed by atoms with Crippen LogP contribution in [0.25, 0.3) is 11.0 Å². The van der Waals surface area contributed by atoms with Crippen LogP contribution < -0.4 is 20.1 Å². The summed E-state index contributed by atoms with van der Waals surface area (Å²) in [7, 11) is 1.60. The van der Waals surface area contributed by atoms with Gasteiger partial charge in [-0.1, -0.05) is 0 Å². The number of anilines is 1. The highest BCUT2D eigenvalue weighted by atomic mass is 32.2. The SMILES string of the molecule is COc1ccc2ncc(OC(C)N3CC[C@@H](NC(=O)c4ccc5c(c4)NC(=O)CS5)[C@@H](CO)C3)nc2c1. The molecule has 1 saturated heterocycles. The summed E-state index contributed by atoms with van der Waals surface area (Å²) >= 11 is 1.45. The number of ether oxygens (including phenoxy) is 2. The third kappa shape index (κ3) is 5.63. The molecule has 3 N–H and O–H groups in total. The molecule has 1 aromatic heterocycles. The van der Waals surface area contributed by atoms with Gasteiger partial charge in [0.2, 0.25) is 11.8 Å². The molecule has 2 aliphatic heterocycles. The quantitative estimate of drug-likeness (QED) is 0.428. The normalized spacial score (nSPS) is 20.6. The number of piperidine rings is 1. The van der Waals surface area contributed by atoms with Gasteiger partial charge < -0.3 is 25.2 Å². The number of thioether (sulfide) groups is 1. The molecular formula is C26H29N5O5S. The van der Waals surface area contributed by atoms with Crippen LogP contribution in [0.2, 0.25) is 0 Å². The fraction of sp³-hybridized carbons (Fsp3) is 0.385. The number of amides is 2. The Bertz CT molecular complexity index is 1320. The lowest BCUT2D eigenvalue weighted by Crippen LogP contribution is -2.55. The number of benzene rings is 2. The van der Waals surface area contributed by atoms with E-state index in [1.807, 2.05) is 31.2 Å². The number of rotatable bonds is 7. The van der Waals surface area contributed by atoms with E-state index in [4.69, 9.17) is 9.47 Å². The molecule has 0 bridgehead atoms. The predicted octanol–water partition coefficient (Wildman–Crippen LogP) is 2.52. The Labute approximate surface area is 218 Å². The average Bonchev–Trinajstić information content (AvgIpc) is 2.92. The van der Waals surface area contributed by atoms with Crippen LogP contribution >= 0.6 is 11.8 Å². The number of fused-ring (bicyclic) bond motifs is 2. The largest absolute Gasteiger partial charge is 0.497 e.